The Morgan fingerprint density at radius 1 is 0.781 bits per heavy atom. The predicted molar refractivity (Wildman–Crippen MR) is 130 cm³/mol. The van der Waals surface area contributed by atoms with Crippen LogP contribution in [0.3, 0.4) is 0 Å². The third kappa shape index (κ3) is 4.00. The van der Waals surface area contributed by atoms with E-state index in [9.17, 15) is 9.59 Å². The van der Waals surface area contributed by atoms with Gasteiger partial charge in [0.2, 0.25) is 0 Å². The summed E-state index contributed by atoms with van der Waals surface area (Å²) in [5, 5.41) is 9.62. The molecule has 0 aliphatic rings. The number of aromatic nitrogens is 2. The van der Waals surface area contributed by atoms with Gasteiger partial charge in [-0.3, -0.25) is 9.59 Å². The van der Waals surface area contributed by atoms with E-state index in [0.29, 0.717) is 29.5 Å². The fourth-order valence-corrected chi connectivity index (χ4v) is 5.06. The highest BCUT2D eigenvalue weighted by Gasteiger charge is 2.23. The Bertz CT molecular complexity index is 1370. The Kier molecular flexibility index (Phi) is 5.66. The Labute approximate surface area is 192 Å². The van der Waals surface area contributed by atoms with E-state index in [-0.39, 0.29) is 17.2 Å². The molecule has 0 spiro atoms. The second-order valence-electron chi connectivity index (χ2n) is 7.27. The zero-order chi connectivity index (χ0) is 21.9. The van der Waals surface area contributed by atoms with Gasteiger partial charge in [-0.05, 0) is 41.1 Å². The third-order valence-corrected chi connectivity index (χ3v) is 6.87. The normalized spacial score (nSPS) is 11.0. The molecule has 1 amide bonds. The number of para-hydroxylation sites is 1. The maximum atomic E-state index is 13.9. The van der Waals surface area contributed by atoms with E-state index in [1.54, 1.807) is 39.7 Å². The van der Waals surface area contributed by atoms with Crippen LogP contribution < -0.4 is 5.56 Å². The fourth-order valence-electron chi connectivity index (χ4n) is 3.62. The van der Waals surface area contributed by atoms with Gasteiger partial charge in [0, 0.05) is 15.1 Å². The molecule has 3 heterocycles. The molecule has 5 rings (SSSR count). The summed E-state index contributed by atoms with van der Waals surface area (Å²) in [6, 6.07) is 24.4. The first-order valence-corrected chi connectivity index (χ1v) is 11.9. The lowest BCUT2D eigenvalue weighted by Crippen LogP contribution is -2.33. The van der Waals surface area contributed by atoms with Crippen LogP contribution in [0.25, 0.3) is 16.5 Å². The van der Waals surface area contributed by atoms with Crippen LogP contribution >= 0.6 is 22.7 Å². The predicted octanol–water partition coefficient (Wildman–Crippen LogP) is 5.35. The molecule has 7 heteroatoms. The molecule has 0 unspecified atom stereocenters. The number of rotatable bonds is 6. The maximum absolute atomic E-state index is 13.9. The summed E-state index contributed by atoms with van der Waals surface area (Å²) in [5.41, 5.74) is 0.656. The van der Waals surface area contributed by atoms with Gasteiger partial charge in [-0.2, -0.15) is 9.78 Å². The molecule has 5 aromatic rings. The Hall–Kier alpha value is -3.55. The minimum Gasteiger partial charge on any atom is -0.327 e. The van der Waals surface area contributed by atoms with Crippen molar-refractivity contribution in [3.8, 4) is 5.69 Å². The lowest BCUT2D eigenvalue weighted by Gasteiger charge is -2.22. The summed E-state index contributed by atoms with van der Waals surface area (Å²) >= 11 is 3.23. The third-order valence-electron chi connectivity index (χ3n) is 5.15. The highest BCUT2D eigenvalue weighted by atomic mass is 32.1. The second kappa shape index (κ2) is 8.90. The number of thiophene rings is 2. The average molecular weight is 458 g/mol. The van der Waals surface area contributed by atoms with E-state index in [0.717, 1.165) is 9.75 Å². The van der Waals surface area contributed by atoms with E-state index < -0.39 is 0 Å². The molecule has 158 valence electrons. The fraction of sp³-hybridized carbons (Fsp3) is 0.0800. The molecule has 5 nitrogen and oxygen atoms in total. The van der Waals surface area contributed by atoms with Crippen molar-refractivity contribution in [3.05, 3.63) is 115 Å². The zero-order valence-electron chi connectivity index (χ0n) is 17.0. The van der Waals surface area contributed by atoms with Gasteiger partial charge in [0.25, 0.3) is 11.5 Å². The summed E-state index contributed by atoms with van der Waals surface area (Å²) in [5.74, 6) is -0.201. The van der Waals surface area contributed by atoms with Gasteiger partial charge in [0.1, 0.15) is 0 Å². The molecule has 0 fully saturated rings. The molecule has 0 aliphatic heterocycles. The zero-order valence-corrected chi connectivity index (χ0v) is 18.7. The van der Waals surface area contributed by atoms with Crippen LogP contribution in [-0.4, -0.2) is 20.6 Å². The van der Waals surface area contributed by atoms with Crippen molar-refractivity contribution >= 4 is 39.4 Å². The second-order valence-corrected chi connectivity index (χ2v) is 9.33. The van der Waals surface area contributed by atoms with Crippen LogP contribution in [-0.2, 0) is 13.1 Å². The highest BCUT2D eigenvalue weighted by Crippen LogP contribution is 2.22. The minimum atomic E-state index is -0.244. The number of carbonyl (C=O) groups excluding carboxylic acids is 1. The molecular formula is C25H19N3O2S2. The van der Waals surface area contributed by atoms with Crippen LogP contribution in [0.15, 0.2) is 94.4 Å². The summed E-state index contributed by atoms with van der Waals surface area (Å²) in [7, 11) is 0. The van der Waals surface area contributed by atoms with Crippen molar-refractivity contribution in [3.63, 3.8) is 0 Å². The van der Waals surface area contributed by atoms with Gasteiger partial charge in [-0.1, -0.05) is 48.5 Å². The minimum absolute atomic E-state index is 0.201. The number of fused-ring (bicyclic) bond motifs is 1. The van der Waals surface area contributed by atoms with Crippen molar-refractivity contribution in [2.75, 3.05) is 0 Å². The number of hydrogen-bond acceptors (Lipinski definition) is 5. The number of amides is 1. The van der Waals surface area contributed by atoms with Crippen LogP contribution in [0, 0.1) is 0 Å². The molecule has 32 heavy (non-hydrogen) atoms. The summed E-state index contributed by atoms with van der Waals surface area (Å²) in [6.07, 6.45) is 0. The molecule has 0 saturated heterocycles. The van der Waals surface area contributed by atoms with E-state index >= 15 is 0 Å². The van der Waals surface area contributed by atoms with E-state index in [1.165, 1.54) is 4.68 Å². The quantitative estimate of drug-likeness (QED) is 0.345. The van der Waals surface area contributed by atoms with Crippen LogP contribution in [0.4, 0.5) is 0 Å². The van der Waals surface area contributed by atoms with Crippen molar-refractivity contribution < 1.29 is 4.79 Å². The average Bonchev–Trinajstić information content (AvgIpc) is 3.54. The van der Waals surface area contributed by atoms with E-state index in [1.807, 2.05) is 77.5 Å². The molecule has 3 aromatic heterocycles. The number of carbonyl (C=O) groups is 1. The van der Waals surface area contributed by atoms with Gasteiger partial charge >= 0.3 is 0 Å². The SMILES string of the molecule is O=C(c1nn(-c2ccccc2)c(=O)c2ccccc12)N(Cc1cccs1)Cc1cccs1. The lowest BCUT2D eigenvalue weighted by molar-refractivity contribution is 0.0728. The van der Waals surface area contributed by atoms with E-state index in [4.69, 9.17) is 0 Å². The monoisotopic (exact) mass is 457 g/mol. The summed E-state index contributed by atoms with van der Waals surface area (Å²) in [4.78, 5) is 31.0. The smallest absolute Gasteiger partial charge is 0.279 e. The highest BCUT2D eigenvalue weighted by molar-refractivity contribution is 7.10. The van der Waals surface area contributed by atoms with Crippen molar-refractivity contribution in [1.29, 1.82) is 0 Å². The first-order chi connectivity index (χ1) is 15.7. The van der Waals surface area contributed by atoms with Crippen LogP contribution in [0.2, 0.25) is 0 Å². The molecular weight excluding hydrogens is 438 g/mol. The maximum Gasteiger partial charge on any atom is 0.279 e. The number of hydrogen-bond donors (Lipinski definition) is 0. The van der Waals surface area contributed by atoms with Crippen molar-refractivity contribution in [2.45, 2.75) is 13.1 Å². The molecule has 2 aromatic carbocycles. The summed E-state index contributed by atoms with van der Waals surface area (Å²) in [6.45, 7) is 0.962. The van der Waals surface area contributed by atoms with Gasteiger partial charge in [0.05, 0.1) is 24.2 Å². The first kappa shape index (κ1) is 20.4. The standard InChI is InChI=1S/C25H19N3O2S2/c29-24-22-13-5-4-12-21(22)23(26-28(24)18-8-2-1-3-9-18)25(30)27(16-19-10-6-14-31-19)17-20-11-7-15-32-20/h1-15H,16-17H2. The first-order valence-electron chi connectivity index (χ1n) is 10.1. The molecule has 0 N–H and O–H groups in total. The number of benzene rings is 2. The summed E-state index contributed by atoms with van der Waals surface area (Å²) < 4.78 is 1.32. The number of nitrogens with zero attached hydrogens (tertiary/aromatic N) is 3. The van der Waals surface area contributed by atoms with Gasteiger partial charge < -0.3 is 4.90 Å². The molecule has 0 radical (unpaired) electrons. The Morgan fingerprint density at radius 3 is 1.97 bits per heavy atom. The van der Waals surface area contributed by atoms with Crippen molar-refractivity contribution in [1.82, 2.24) is 14.7 Å². The largest absolute Gasteiger partial charge is 0.327 e. The van der Waals surface area contributed by atoms with Crippen molar-refractivity contribution in [2.24, 2.45) is 0 Å². The topological polar surface area (TPSA) is 55.2 Å². The lowest BCUT2D eigenvalue weighted by atomic mass is 10.1. The van der Waals surface area contributed by atoms with E-state index in [2.05, 4.69) is 5.10 Å². The molecule has 0 atom stereocenters. The molecule has 0 saturated carbocycles. The molecule has 0 bridgehead atoms. The molecule has 0 aliphatic carbocycles. The van der Waals surface area contributed by atoms with Gasteiger partial charge in [0.15, 0.2) is 5.69 Å². The Balaban J connectivity index is 1.64. The van der Waals surface area contributed by atoms with Crippen LogP contribution in [0.1, 0.15) is 20.2 Å². The van der Waals surface area contributed by atoms with Gasteiger partial charge in [-0.15, -0.1) is 22.7 Å². The Morgan fingerprint density at radius 2 is 1.38 bits per heavy atom. The van der Waals surface area contributed by atoms with Crippen LogP contribution in [0.5, 0.6) is 0 Å². The van der Waals surface area contributed by atoms with Gasteiger partial charge in [-0.25, -0.2) is 0 Å².